The molecule has 0 radical (unpaired) electrons. The zero-order valence-corrected chi connectivity index (χ0v) is 21.5. The standard InChI is InChI=1S/C30H50O/c1-22(2)11-8-12-23(3)13-9-14-24(4)21-30-18-10-15-26(30)29(7)19-17-27(31)28(5,6)25(29)16-20-30/h11,13,25-27,31H,4,8-10,12,14-21H2,1-3,5-7H3/b23-13+/t25?,26?,27-,29-,30-/m0/s1. The van der Waals surface area contributed by atoms with Crippen molar-refractivity contribution in [1.82, 2.24) is 0 Å². The summed E-state index contributed by atoms with van der Waals surface area (Å²) >= 11 is 0. The highest BCUT2D eigenvalue weighted by Crippen LogP contribution is 2.69. The van der Waals surface area contributed by atoms with E-state index in [1.807, 2.05) is 0 Å². The SMILES string of the molecule is C=C(CC/C=C(\C)CCC=C(C)C)C[C@@]12CCCC1[C@@]1(C)CC[C@H](O)C(C)(C)C1CC2. The maximum atomic E-state index is 10.7. The fourth-order valence-electron chi connectivity index (χ4n) is 8.19. The Bertz CT molecular complexity index is 706. The summed E-state index contributed by atoms with van der Waals surface area (Å²) < 4.78 is 0. The summed E-state index contributed by atoms with van der Waals surface area (Å²) in [4.78, 5) is 0. The molecule has 176 valence electrons. The normalized spacial score (nSPS) is 37.1. The Morgan fingerprint density at radius 3 is 2.32 bits per heavy atom. The number of hydrogen-bond acceptors (Lipinski definition) is 1. The van der Waals surface area contributed by atoms with Gasteiger partial charge < -0.3 is 5.11 Å². The van der Waals surface area contributed by atoms with Crippen LogP contribution in [-0.4, -0.2) is 11.2 Å². The molecule has 0 saturated heterocycles. The molecule has 2 unspecified atom stereocenters. The molecule has 3 aliphatic carbocycles. The number of aliphatic hydroxyl groups excluding tert-OH is 1. The van der Waals surface area contributed by atoms with Crippen molar-refractivity contribution in [2.24, 2.45) is 28.1 Å². The third-order valence-corrected chi connectivity index (χ3v) is 9.83. The van der Waals surface area contributed by atoms with Crippen LogP contribution in [0.4, 0.5) is 0 Å². The molecule has 3 saturated carbocycles. The first-order valence-electron chi connectivity index (χ1n) is 13.1. The zero-order chi connectivity index (χ0) is 22.9. The molecular weight excluding hydrogens is 376 g/mol. The molecule has 31 heavy (non-hydrogen) atoms. The molecule has 3 rings (SSSR count). The fourth-order valence-corrected chi connectivity index (χ4v) is 8.19. The van der Waals surface area contributed by atoms with Crippen LogP contribution in [0.25, 0.3) is 0 Å². The molecule has 5 atom stereocenters. The second-order valence-electron chi connectivity index (χ2n) is 12.6. The highest BCUT2D eigenvalue weighted by Gasteiger charge is 2.62. The number of hydrogen-bond donors (Lipinski definition) is 1. The predicted octanol–water partition coefficient (Wildman–Crippen LogP) is 8.79. The number of rotatable bonds is 8. The van der Waals surface area contributed by atoms with Crippen molar-refractivity contribution in [3.8, 4) is 0 Å². The summed E-state index contributed by atoms with van der Waals surface area (Å²) in [5.74, 6) is 1.49. The van der Waals surface area contributed by atoms with E-state index in [4.69, 9.17) is 0 Å². The molecule has 3 aliphatic rings. The lowest BCUT2D eigenvalue weighted by Crippen LogP contribution is -2.57. The van der Waals surface area contributed by atoms with Crippen molar-refractivity contribution in [2.75, 3.05) is 0 Å². The maximum absolute atomic E-state index is 10.7. The van der Waals surface area contributed by atoms with Gasteiger partial charge in [0.05, 0.1) is 6.10 Å². The maximum Gasteiger partial charge on any atom is 0.0594 e. The monoisotopic (exact) mass is 426 g/mol. The van der Waals surface area contributed by atoms with Crippen molar-refractivity contribution in [1.29, 1.82) is 0 Å². The Labute approximate surface area is 193 Å². The summed E-state index contributed by atoms with van der Waals surface area (Å²) in [6, 6.07) is 0. The largest absolute Gasteiger partial charge is 0.393 e. The van der Waals surface area contributed by atoms with Crippen LogP contribution in [0.3, 0.4) is 0 Å². The number of allylic oxidation sites excluding steroid dienone is 5. The second kappa shape index (κ2) is 9.58. The van der Waals surface area contributed by atoms with Gasteiger partial charge in [0, 0.05) is 0 Å². The topological polar surface area (TPSA) is 20.2 Å². The van der Waals surface area contributed by atoms with Gasteiger partial charge in [-0.05, 0) is 119 Å². The van der Waals surface area contributed by atoms with Gasteiger partial charge in [0.25, 0.3) is 0 Å². The first-order chi connectivity index (χ1) is 14.5. The zero-order valence-electron chi connectivity index (χ0n) is 21.5. The molecule has 3 fully saturated rings. The minimum Gasteiger partial charge on any atom is -0.393 e. The summed E-state index contributed by atoms with van der Waals surface area (Å²) in [5.41, 5.74) is 5.38. The molecule has 0 aromatic heterocycles. The van der Waals surface area contributed by atoms with Crippen LogP contribution in [0, 0.1) is 28.1 Å². The lowest BCUT2D eigenvalue weighted by Gasteiger charge is -2.63. The third-order valence-electron chi connectivity index (χ3n) is 9.83. The number of fused-ring (bicyclic) bond motifs is 3. The molecule has 1 heteroatoms. The Balaban J connectivity index is 1.61. The van der Waals surface area contributed by atoms with Crippen molar-refractivity contribution in [3.05, 3.63) is 35.5 Å². The third kappa shape index (κ3) is 5.07. The Morgan fingerprint density at radius 1 is 0.903 bits per heavy atom. The van der Waals surface area contributed by atoms with Crippen LogP contribution >= 0.6 is 0 Å². The highest BCUT2D eigenvalue weighted by atomic mass is 16.3. The van der Waals surface area contributed by atoms with Gasteiger partial charge >= 0.3 is 0 Å². The first-order valence-corrected chi connectivity index (χ1v) is 13.1. The average Bonchev–Trinajstić information content (AvgIpc) is 3.10. The second-order valence-corrected chi connectivity index (χ2v) is 12.6. The van der Waals surface area contributed by atoms with Gasteiger partial charge in [0.1, 0.15) is 0 Å². The van der Waals surface area contributed by atoms with E-state index in [1.165, 1.54) is 74.5 Å². The van der Waals surface area contributed by atoms with Crippen LogP contribution in [0.15, 0.2) is 35.5 Å². The van der Waals surface area contributed by atoms with Crippen LogP contribution in [0.5, 0.6) is 0 Å². The van der Waals surface area contributed by atoms with Crippen LogP contribution < -0.4 is 0 Å². The summed E-state index contributed by atoms with van der Waals surface area (Å²) in [7, 11) is 0. The molecule has 0 spiro atoms. The van der Waals surface area contributed by atoms with E-state index in [1.54, 1.807) is 0 Å². The van der Waals surface area contributed by atoms with Crippen LogP contribution in [0.2, 0.25) is 0 Å². The van der Waals surface area contributed by atoms with Gasteiger partial charge in [-0.3, -0.25) is 0 Å². The average molecular weight is 427 g/mol. The van der Waals surface area contributed by atoms with Crippen molar-refractivity contribution in [3.63, 3.8) is 0 Å². The minimum absolute atomic E-state index is 0.0621. The van der Waals surface area contributed by atoms with E-state index in [0.717, 1.165) is 25.2 Å². The van der Waals surface area contributed by atoms with E-state index >= 15 is 0 Å². The number of aliphatic hydroxyl groups is 1. The van der Waals surface area contributed by atoms with Gasteiger partial charge in [-0.1, -0.05) is 62.6 Å². The highest BCUT2D eigenvalue weighted by molar-refractivity contribution is 5.15. The first kappa shape index (κ1) is 24.8. The lowest BCUT2D eigenvalue weighted by molar-refractivity contribution is -0.165. The summed E-state index contributed by atoms with van der Waals surface area (Å²) in [6.45, 7) is 18.5. The fraction of sp³-hybridized carbons (Fsp3) is 0.800. The molecule has 0 aromatic rings. The summed E-state index contributed by atoms with van der Waals surface area (Å²) in [5, 5.41) is 10.7. The molecule has 1 nitrogen and oxygen atoms in total. The summed E-state index contributed by atoms with van der Waals surface area (Å²) in [6.07, 6.45) is 19.6. The minimum atomic E-state index is -0.124. The van der Waals surface area contributed by atoms with Crippen molar-refractivity contribution in [2.45, 2.75) is 125 Å². The van der Waals surface area contributed by atoms with Gasteiger partial charge in [-0.15, -0.1) is 0 Å². The van der Waals surface area contributed by atoms with Gasteiger partial charge in [0.15, 0.2) is 0 Å². The van der Waals surface area contributed by atoms with Crippen molar-refractivity contribution >= 4 is 0 Å². The van der Waals surface area contributed by atoms with E-state index in [-0.39, 0.29) is 11.5 Å². The van der Waals surface area contributed by atoms with E-state index < -0.39 is 0 Å². The molecular formula is C30H50O. The van der Waals surface area contributed by atoms with E-state index in [2.05, 4.69) is 60.3 Å². The molecule has 0 aliphatic heterocycles. The Morgan fingerprint density at radius 2 is 1.61 bits per heavy atom. The lowest BCUT2D eigenvalue weighted by atomic mass is 9.42. The van der Waals surface area contributed by atoms with Crippen molar-refractivity contribution < 1.29 is 5.11 Å². The Hall–Kier alpha value is -0.820. The smallest absolute Gasteiger partial charge is 0.0594 e. The van der Waals surface area contributed by atoms with Gasteiger partial charge in [-0.2, -0.15) is 0 Å². The van der Waals surface area contributed by atoms with Crippen LogP contribution in [0.1, 0.15) is 119 Å². The molecule has 1 N–H and O–H groups in total. The van der Waals surface area contributed by atoms with E-state index in [0.29, 0.717) is 16.7 Å². The quantitative estimate of drug-likeness (QED) is 0.384. The van der Waals surface area contributed by atoms with E-state index in [9.17, 15) is 5.11 Å². The molecule has 0 bridgehead atoms. The molecule has 0 aromatic carbocycles. The van der Waals surface area contributed by atoms with Crippen LogP contribution in [-0.2, 0) is 0 Å². The molecule has 0 amide bonds. The predicted molar refractivity (Wildman–Crippen MR) is 135 cm³/mol. The van der Waals surface area contributed by atoms with Gasteiger partial charge in [-0.25, -0.2) is 0 Å². The van der Waals surface area contributed by atoms with Gasteiger partial charge in [0.2, 0.25) is 0 Å². The Kier molecular flexibility index (Phi) is 7.67. The molecule has 0 heterocycles.